The van der Waals surface area contributed by atoms with Crippen molar-refractivity contribution in [3.05, 3.63) is 35.9 Å². The van der Waals surface area contributed by atoms with Gasteiger partial charge in [-0.25, -0.2) is 0 Å². The van der Waals surface area contributed by atoms with Gasteiger partial charge in [0.1, 0.15) is 12.3 Å². The average Bonchev–Trinajstić information content (AvgIpc) is 2.78. The van der Waals surface area contributed by atoms with Crippen LogP contribution in [0.2, 0.25) is 0 Å². The van der Waals surface area contributed by atoms with E-state index in [1.165, 1.54) is 5.56 Å². The number of nitrogens with zero attached hydrogens (tertiary/aromatic N) is 1. The highest BCUT2D eigenvalue weighted by Crippen LogP contribution is 2.47. The highest BCUT2D eigenvalue weighted by atomic mass is 16.7. The molecule has 86 valence electrons. The van der Waals surface area contributed by atoms with Gasteiger partial charge < -0.3 is 5.11 Å². The van der Waals surface area contributed by atoms with E-state index in [2.05, 4.69) is 19.1 Å². The molecule has 1 N–H and O–H groups in total. The molecule has 2 fully saturated rings. The van der Waals surface area contributed by atoms with Gasteiger partial charge >= 0.3 is 0 Å². The van der Waals surface area contributed by atoms with Gasteiger partial charge in [-0.15, -0.1) is 0 Å². The summed E-state index contributed by atoms with van der Waals surface area (Å²) in [6, 6.07) is 10.2. The Morgan fingerprint density at radius 2 is 2.12 bits per heavy atom. The summed E-state index contributed by atoms with van der Waals surface area (Å²) in [5.74, 6) is 0. The summed E-state index contributed by atoms with van der Waals surface area (Å²) >= 11 is 0. The van der Waals surface area contributed by atoms with Crippen LogP contribution in [-0.2, 0) is 4.84 Å². The van der Waals surface area contributed by atoms with Crippen molar-refractivity contribution in [2.24, 2.45) is 0 Å². The summed E-state index contributed by atoms with van der Waals surface area (Å²) in [6.45, 7) is 2.17. The van der Waals surface area contributed by atoms with Gasteiger partial charge in [-0.2, -0.15) is 5.06 Å². The van der Waals surface area contributed by atoms with Crippen molar-refractivity contribution in [2.75, 3.05) is 0 Å². The Bertz CT molecular complexity index is 381. The normalized spacial score (nSPS) is 38.9. The highest BCUT2D eigenvalue weighted by molar-refractivity contribution is 5.19. The molecule has 3 rings (SSSR count). The van der Waals surface area contributed by atoms with Crippen LogP contribution in [0.5, 0.6) is 0 Å². The van der Waals surface area contributed by atoms with E-state index in [1.54, 1.807) is 5.06 Å². The number of fused-ring (bicyclic) bond motifs is 1. The second-order valence-corrected chi connectivity index (χ2v) is 5.05. The number of aliphatic hydroxyl groups excluding tert-OH is 1. The lowest BCUT2D eigenvalue weighted by Gasteiger charge is -2.25. The maximum absolute atomic E-state index is 9.83. The molecule has 0 amide bonds. The molecular formula is C13H17NO2. The van der Waals surface area contributed by atoms with E-state index in [0.717, 1.165) is 19.3 Å². The molecule has 2 heterocycles. The molecule has 0 radical (unpaired) electrons. The van der Waals surface area contributed by atoms with Crippen LogP contribution in [0.1, 0.15) is 37.9 Å². The van der Waals surface area contributed by atoms with Crippen molar-refractivity contribution < 1.29 is 9.94 Å². The second-order valence-electron chi connectivity index (χ2n) is 5.05. The van der Waals surface area contributed by atoms with Gasteiger partial charge in [-0.3, -0.25) is 4.84 Å². The summed E-state index contributed by atoms with van der Waals surface area (Å²) in [4.78, 5) is 5.87. The highest BCUT2D eigenvalue weighted by Gasteiger charge is 2.51. The zero-order valence-corrected chi connectivity index (χ0v) is 9.47. The monoisotopic (exact) mass is 219 g/mol. The fourth-order valence-corrected chi connectivity index (χ4v) is 2.84. The molecule has 1 aromatic rings. The summed E-state index contributed by atoms with van der Waals surface area (Å²) in [5, 5.41) is 11.6. The first kappa shape index (κ1) is 10.3. The summed E-state index contributed by atoms with van der Waals surface area (Å²) in [6.07, 6.45) is 2.46. The molecule has 1 aromatic carbocycles. The van der Waals surface area contributed by atoms with Gasteiger partial charge in [0, 0.05) is 12.0 Å². The molecule has 3 nitrogen and oxygen atoms in total. The van der Waals surface area contributed by atoms with E-state index in [-0.39, 0.29) is 11.6 Å². The Morgan fingerprint density at radius 3 is 2.81 bits per heavy atom. The number of benzene rings is 1. The molecule has 2 saturated heterocycles. The smallest absolute Gasteiger partial charge is 0.130 e. The molecule has 16 heavy (non-hydrogen) atoms. The predicted molar refractivity (Wildman–Crippen MR) is 60.4 cm³/mol. The molecule has 3 atom stereocenters. The molecule has 0 saturated carbocycles. The van der Waals surface area contributed by atoms with Crippen LogP contribution in [0.3, 0.4) is 0 Å². The standard InChI is InChI=1S/C13H17NO2/c1-13-8-7-12(15)14(13)16-11(9-13)10-5-3-2-4-6-10/h2-6,11-12,15H,7-9H2,1H3. The van der Waals surface area contributed by atoms with Crippen LogP contribution in [0.15, 0.2) is 30.3 Å². The third-order valence-corrected chi connectivity index (χ3v) is 3.78. The van der Waals surface area contributed by atoms with Crippen molar-refractivity contribution in [1.82, 2.24) is 5.06 Å². The summed E-state index contributed by atoms with van der Waals surface area (Å²) in [7, 11) is 0. The number of aliphatic hydroxyl groups is 1. The zero-order chi connectivity index (χ0) is 11.2. The van der Waals surface area contributed by atoms with E-state index in [4.69, 9.17) is 4.84 Å². The van der Waals surface area contributed by atoms with Gasteiger partial charge in [0.05, 0.1) is 0 Å². The number of hydroxylamine groups is 2. The third kappa shape index (κ3) is 1.47. The first-order valence-electron chi connectivity index (χ1n) is 5.88. The van der Waals surface area contributed by atoms with E-state index in [0.29, 0.717) is 0 Å². The van der Waals surface area contributed by atoms with Crippen LogP contribution in [-0.4, -0.2) is 21.9 Å². The van der Waals surface area contributed by atoms with Crippen LogP contribution in [0.25, 0.3) is 0 Å². The zero-order valence-electron chi connectivity index (χ0n) is 9.47. The van der Waals surface area contributed by atoms with Crippen LogP contribution >= 0.6 is 0 Å². The van der Waals surface area contributed by atoms with Crippen LogP contribution in [0.4, 0.5) is 0 Å². The minimum atomic E-state index is -0.432. The Morgan fingerprint density at radius 1 is 1.38 bits per heavy atom. The topological polar surface area (TPSA) is 32.7 Å². The number of hydrogen-bond acceptors (Lipinski definition) is 3. The third-order valence-electron chi connectivity index (χ3n) is 3.78. The largest absolute Gasteiger partial charge is 0.376 e. The molecule has 2 aliphatic rings. The average molecular weight is 219 g/mol. The van der Waals surface area contributed by atoms with Crippen LogP contribution in [0, 0.1) is 0 Å². The van der Waals surface area contributed by atoms with Crippen LogP contribution < -0.4 is 0 Å². The Kier molecular flexibility index (Phi) is 2.28. The van der Waals surface area contributed by atoms with Gasteiger partial charge in [-0.05, 0) is 25.3 Å². The van der Waals surface area contributed by atoms with E-state index in [9.17, 15) is 5.11 Å². The first-order chi connectivity index (χ1) is 7.69. The fraction of sp³-hybridized carbons (Fsp3) is 0.538. The molecule has 0 spiro atoms. The summed E-state index contributed by atoms with van der Waals surface area (Å²) < 4.78 is 0. The molecular weight excluding hydrogens is 202 g/mol. The SMILES string of the molecule is CC12CCC(O)N1OC(c1ccccc1)C2. The molecule has 3 unspecified atom stereocenters. The van der Waals surface area contributed by atoms with Crippen molar-refractivity contribution in [1.29, 1.82) is 0 Å². The van der Waals surface area contributed by atoms with Crippen molar-refractivity contribution in [3.63, 3.8) is 0 Å². The van der Waals surface area contributed by atoms with Gasteiger partial charge in [0.25, 0.3) is 0 Å². The van der Waals surface area contributed by atoms with Crippen molar-refractivity contribution in [2.45, 2.75) is 44.1 Å². The molecule has 3 heteroatoms. The maximum Gasteiger partial charge on any atom is 0.130 e. The number of hydrogen-bond donors (Lipinski definition) is 1. The Balaban J connectivity index is 1.84. The minimum absolute atomic E-state index is 0.0138. The quantitative estimate of drug-likeness (QED) is 0.786. The lowest BCUT2D eigenvalue weighted by atomic mass is 9.91. The van der Waals surface area contributed by atoms with E-state index < -0.39 is 6.23 Å². The molecule has 0 aromatic heterocycles. The lowest BCUT2D eigenvalue weighted by Crippen LogP contribution is -2.38. The minimum Gasteiger partial charge on any atom is -0.376 e. The van der Waals surface area contributed by atoms with Crippen molar-refractivity contribution in [3.8, 4) is 0 Å². The van der Waals surface area contributed by atoms with E-state index in [1.807, 2.05) is 18.2 Å². The predicted octanol–water partition coefficient (Wildman–Crippen LogP) is 2.24. The number of rotatable bonds is 1. The van der Waals surface area contributed by atoms with Gasteiger partial charge in [-0.1, -0.05) is 30.3 Å². The molecule has 0 aliphatic carbocycles. The van der Waals surface area contributed by atoms with Gasteiger partial charge in [0.2, 0.25) is 0 Å². The maximum atomic E-state index is 9.83. The van der Waals surface area contributed by atoms with Crippen molar-refractivity contribution >= 4 is 0 Å². The van der Waals surface area contributed by atoms with E-state index >= 15 is 0 Å². The molecule has 0 bridgehead atoms. The lowest BCUT2D eigenvalue weighted by molar-refractivity contribution is -0.238. The second kappa shape index (κ2) is 3.55. The summed E-state index contributed by atoms with van der Waals surface area (Å²) in [5.41, 5.74) is 1.21. The first-order valence-corrected chi connectivity index (χ1v) is 5.88. The Labute approximate surface area is 95.6 Å². The Hall–Kier alpha value is -0.900. The molecule has 2 aliphatic heterocycles. The fourth-order valence-electron chi connectivity index (χ4n) is 2.84. The van der Waals surface area contributed by atoms with Gasteiger partial charge in [0.15, 0.2) is 0 Å².